The van der Waals surface area contributed by atoms with Crippen molar-refractivity contribution < 1.29 is 0 Å². The van der Waals surface area contributed by atoms with E-state index in [0.29, 0.717) is 17.5 Å². The molecule has 0 unspecified atom stereocenters. The van der Waals surface area contributed by atoms with Crippen molar-refractivity contribution in [3.05, 3.63) is 188 Å². The quantitative estimate of drug-likeness (QED) is 0.176. The van der Waals surface area contributed by atoms with E-state index in [2.05, 4.69) is 161 Å². The predicted octanol–water partition coefficient (Wildman–Crippen LogP) is 13.4. The normalized spacial score (nSPS) is 11.9. The molecule has 0 spiro atoms. The van der Waals surface area contributed by atoms with Crippen LogP contribution < -0.4 is 0 Å². The summed E-state index contributed by atoms with van der Waals surface area (Å²) in [5.74, 6) is 1.96. The molecule has 266 valence electrons. The molecule has 0 fully saturated rings. The predicted molar refractivity (Wildman–Crippen MR) is 238 cm³/mol. The lowest BCUT2D eigenvalue weighted by Gasteiger charge is -2.14. The number of rotatable bonds is 5. The van der Waals surface area contributed by atoms with Gasteiger partial charge in [0, 0.05) is 64.1 Å². The second-order valence-electron chi connectivity index (χ2n) is 14.4. The molecule has 57 heavy (non-hydrogen) atoms. The fourth-order valence-electron chi connectivity index (χ4n) is 8.65. The minimum atomic E-state index is 0.652. The SMILES string of the molecule is c1ccc(-c2nc(-c3ccccc3)nc(-c3ccc(-n4c5ccccc5c5cc6c(cc54)c4ccccc4n6-c4ccccc4)c4c3sc3ccccc34)n2)cc1. The highest BCUT2D eigenvalue weighted by Crippen LogP contribution is 2.46. The standard InChI is InChI=1S/C51H31N5S/c1-4-16-32(17-5-1)49-52-50(33-18-6-2-7-19-33)54-51(53-49)38-28-29-43(47-37-24-12-15-27-46(37)57-48(38)47)56-42-26-14-11-23-36(42)40-30-44-39(31-45(40)56)35-22-10-13-25-41(35)55(44)34-20-8-3-9-21-34/h1-31H. The molecular weight excluding hydrogens is 715 g/mol. The number of hydrogen-bond donors (Lipinski definition) is 0. The van der Waals surface area contributed by atoms with Crippen molar-refractivity contribution >= 4 is 75.1 Å². The van der Waals surface area contributed by atoms with Crippen LogP contribution in [0.5, 0.6) is 0 Å². The highest BCUT2D eigenvalue weighted by atomic mass is 32.1. The van der Waals surface area contributed by atoms with Crippen LogP contribution in [0.15, 0.2) is 188 Å². The molecular formula is C51H31N5S. The van der Waals surface area contributed by atoms with Gasteiger partial charge in [0.2, 0.25) is 0 Å². The van der Waals surface area contributed by atoms with Crippen molar-refractivity contribution in [1.82, 2.24) is 24.1 Å². The minimum absolute atomic E-state index is 0.652. The van der Waals surface area contributed by atoms with Gasteiger partial charge in [0.1, 0.15) is 0 Å². The van der Waals surface area contributed by atoms with E-state index in [9.17, 15) is 0 Å². The Morgan fingerprint density at radius 1 is 0.368 bits per heavy atom. The Labute approximate surface area is 331 Å². The maximum absolute atomic E-state index is 5.18. The van der Waals surface area contributed by atoms with Crippen molar-refractivity contribution in [1.29, 1.82) is 0 Å². The van der Waals surface area contributed by atoms with Gasteiger partial charge in [-0.3, -0.25) is 0 Å². The smallest absolute Gasteiger partial charge is 0.165 e. The van der Waals surface area contributed by atoms with Gasteiger partial charge in [-0.1, -0.05) is 133 Å². The Hall–Kier alpha value is -7.41. The van der Waals surface area contributed by atoms with Gasteiger partial charge >= 0.3 is 0 Å². The lowest BCUT2D eigenvalue weighted by molar-refractivity contribution is 1.08. The molecule has 0 N–H and O–H groups in total. The van der Waals surface area contributed by atoms with E-state index in [4.69, 9.17) is 15.0 Å². The van der Waals surface area contributed by atoms with Crippen LogP contribution in [0.25, 0.3) is 109 Å². The number of hydrogen-bond acceptors (Lipinski definition) is 4. The van der Waals surface area contributed by atoms with Crippen LogP contribution in [0.2, 0.25) is 0 Å². The summed E-state index contributed by atoms with van der Waals surface area (Å²) in [6, 6.07) is 66.7. The molecule has 0 bridgehead atoms. The van der Waals surface area contributed by atoms with Crippen LogP contribution in [-0.4, -0.2) is 24.1 Å². The summed E-state index contributed by atoms with van der Waals surface area (Å²) < 4.78 is 7.24. The molecule has 12 aromatic rings. The summed E-state index contributed by atoms with van der Waals surface area (Å²) >= 11 is 1.80. The summed E-state index contributed by atoms with van der Waals surface area (Å²) in [6.45, 7) is 0. The average Bonchev–Trinajstić information content (AvgIpc) is 3.94. The molecule has 0 saturated heterocycles. The highest BCUT2D eigenvalue weighted by molar-refractivity contribution is 7.26. The van der Waals surface area contributed by atoms with Crippen molar-refractivity contribution in [3.63, 3.8) is 0 Å². The first-order valence-electron chi connectivity index (χ1n) is 19.1. The molecule has 0 saturated carbocycles. The number of nitrogens with zero attached hydrogens (tertiary/aromatic N) is 5. The highest BCUT2D eigenvalue weighted by Gasteiger charge is 2.23. The molecule has 4 aromatic heterocycles. The van der Waals surface area contributed by atoms with Gasteiger partial charge in [0.25, 0.3) is 0 Å². The first kappa shape index (κ1) is 31.9. The van der Waals surface area contributed by atoms with Gasteiger partial charge in [-0.25, -0.2) is 15.0 Å². The largest absolute Gasteiger partial charge is 0.309 e. The second-order valence-corrected chi connectivity index (χ2v) is 15.5. The van der Waals surface area contributed by atoms with Gasteiger partial charge in [-0.15, -0.1) is 11.3 Å². The zero-order chi connectivity index (χ0) is 37.5. The maximum atomic E-state index is 5.18. The van der Waals surface area contributed by atoms with Gasteiger partial charge in [0.05, 0.1) is 27.8 Å². The molecule has 12 rings (SSSR count). The van der Waals surface area contributed by atoms with E-state index < -0.39 is 0 Å². The number of fused-ring (bicyclic) bond motifs is 9. The van der Waals surface area contributed by atoms with E-state index in [1.807, 2.05) is 36.4 Å². The van der Waals surface area contributed by atoms with Gasteiger partial charge < -0.3 is 9.13 Å². The third kappa shape index (κ3) is 4.91. The maximum Gasteiger partial charge on any atom is 0.165 e. The second kappa shape index (κ2) is 12.6. The first-order valence-corrected chi connectivity index (χ1v) is 19.9. The monoisotopic (exact) mass is 745 g/mol. The number of aromatic nitrogens is 5. The van der Waals surface area contributed by atoms with Crippen LogP contribution in [-0.2, 0) is 0 Å². The van der Waals surface area contributed by atoms with Gasteiger partial charge in [-0.05, 0) is 54.6 Å². The Balaban J connectivity index is 1.17. The Morgan fingerprint density at radius 3 is 1.49 bits per heavy atom. The van der Waals surface area contributed by atoms with Gasteiger partial charge in [0.15, 0.2) is 17.5 Å². The summed E-state index contributed by atoms with van der Waals surface area (Å²) in [5.41, 5.74) is 9.89. The van der Waals surface area contributed by atoms with E-state index >= 15 is 0 Å². The summed E-state index contributed by atoms with van der Waals surface area (Å²) in [5, 5.41) is 7.28. The molecule has 0 atom stereocenters. The van der Waals surface area contributed by atoms with Gasteiger partial charge in [-0.2, -0.15) is 0 Å². The van der Waals surface area contributed by atoms with Crippen LogP contribution in [0, 0.1) is 0 Å². The lowest BCUT2D eigenvalue weighted by Crippen LogP contribution is -2.01. The van der Waals surface area contributed by atoms with Crippen LogP contribution in [0.1, 0.15) is 0 Å². The molecule has 0 amide bonds. The zero-order valence-corrected chi connectivity index (χ0v) is 31.4. The van der Waals surface area contributed by atoms with Crippen molar-refractivity contribution in [2.24, 2.45) is 0 Å². The summed E-state index contributed by atoms with van der Waals surface area (Å²) in [7, 11) is 0. The number of benzene rings is 8. The van der Waals surface area contributed by atoms with Crippen LogP contribution in [0.3, 0.4) is 0 Å². The van der Waals surface area contributed by atoms with E-state index in [-0.39, 0.29) is 0 Å². The molecule has 6 heteroatoms. The molecule has 0 radical (unpaired) electrons. The lowest BCUT2D eigenvalue weighted by atomic mass is 10.1. The van der Waals surface area contributed by atoms with Crippen LogP contribution in [0.4, 0.5) is 0 Å². The van der Waals surface area contributed by atoms with Crippen LogP contribution >= 0.6 is 11.3 Å². The fraction of sp³-hybridized carbons (Fsp3) is 0. The Bertz CT molecular complexity index is 3450. The Kier molecular flexibility index (Phi) is 7.03. The third-order valence-electron chi connectivity index (χ3n) is 11.2. The third-order valence-corrected chi connectivity index (χ3v) is 12.4. The molecule has 8 aromatic carbocycles. The summed E-state index contributed by atoms with van der Waals surface area (Å²) in [4.78, 5) is 15.3. The number of para-hydroxylation sites is 3. The summed E-state index contributed by atoms with van der Waals surface area (Å²) in [6.07, 6.45) is 0. The van der Waals surface area contributed by atoms with E-state index in [1.165, 1.54) is 53.6 Å². The topological polar surface area (TPSA) is 48.5 Å². The first-order chi connectivity index (χ1) is 28.3. The molecule has 0 aliphatic carbocycles. The molecule has 0 aliphatic heterocycles. The van der Waals surface area contributed by atoms with Crippen molar-refractivity contribution in [3.8, 4) is 45.5 Å². The average molecular weight is 746 g/mol. The number of thiophene rings is 1. The van der Waals surface area contributed by atoms with E-state index in [0.717, 1.165) is 38.3 Å². The molecule has 0 aliphatic rings. The fourth-order valence-corrected chi connectivity index (χ4v) is 9.88. The molecule has 5 nitrogen and oxygen atoms in total. The van der Waals surface area contributed by atoms with E-state index in [1.54, 1.807) is 11.3 Å². The minimum Gasteiger partial charge on any atom is -0.309 e. The zero-order valence-electron chi connectivity index (χ0n) is 30.5. The Morgan fingerprint density at radius 2 is 0.860 bits per heavy atom. The van der Waals surface area contributed by atoms with Crippen molar-refractivity contribution in [2.75, 3.05) is 0 Å². The molecule has 4 heterocycles. The van der Waals surface area contributed by atoms with Crippen molar-refractivity contribution in [2.45, 2.75) is 0 Å².